The normalized spacial score (nSPS) is 29.8. The Hall–Kier alpha value is -1.27. The van der Waals surface area contributed by atoms with Crippen molar-refractivity contribution in [3.8, 4) is 0 Å². The Labute approximate surface area is 329 Å². The first-order chi connectivity index (χ1) is 26.6. The molecule has 2 rings (SSSR count). The van der Waals surface area contributed by atoms with E-state index in [-0.39, 0.29) is 18.9 Å². The third kappa shape index (κ3) is 18.9. The van der Waals surface area contributed by atoms with Crippen LogP contribution in [0.5, 0.6) is 0 Å². The van der Waals surface area contributed by atoms with Crippen molar-refractivity contribution in [3.05, 3.63) is 12.2 Å². The van der Waals surface area contributed by atoms with Gasteiger partial charge in [-0.2, -0.15) is 0 Å². The molecule has 2 aliphatic heterocycles. The number of amides is 1. The predicted octanol–water partition coefficient (Wildman–Crippen LogP) is 3.26. The largest absolute Gasteiger partial charge is 0.394 e. The van der Waals surface area contributed by atoms with E-state index in [1.807, 2.05) is 6.08 Å². The quantitative estimate of drug-likeness (QED) is 0.0364. The van der Waals surface area contributed by atoms with Gasteiger partial charge in [0.15, 0.2) is 12.6 Å². The molecule has 2 fully saturated rings. The number of carbonyl (C=O) groups excluding carboxylic acids is 1. The van der Waals surface area contributed by atoms with Crippen molar-refractivity contribution in [2.24, 2.45) is 0 Å². The number of nitrogens with one attached hydrogen (secondary N) is 1. The summed E-state index contributed by atoms with van der Waals surface area (Å²) >= 11 is 0. The van der Waals surface area contributed by atoms with Gasteiger partial charge in [-0.15, -0.1) is 0 Å². The zero-order chi connectivity index (χ0) is 40.4. The first-order valence-electron chi connectivity index (χ1n) is 21.4. The van der Waals surface area contributed by atoms with Crippen LogP contribution in [0.4, 0.5) is 0 Å². The lowest BCUT2D eigenvalue weighted by atomic mass is 9.97. The highest BCUT2D eigenvalue weighted by molar-refractivity contribution is 5.76. The summed E-state index contributed by atoms with van der Waals surface area (Å²) in [7, 11) is 0. The van der Waals surface area contributed by atoms with Crippen LogP contribution in [0.25, 0.3) is 0 Å². The topological polar surface area (TPSA) is 228 Å². The number of ether oxygens (including phenoxy) is 4. The van der Waals surface area contributed by atoms with Crippen LogP contribution in [-0.2, 0) is 23.7 Å². The first-order valence-corrected chi connectivity index (χ1v) is 21.4. The van der Waals surface area contributed by atoms with Crippen LogP contribution in [0.3, 0.4) is 0 Å². The summed E-state index contributed by atoms with van der Waals surface area (Å²) in [6, 6.07) is -0.904. The second kappa shape index (κ2) is 29.9. The van der Waals surface area contributed by atoms with Crippen molar-refractivity contribution in [2.75, 3.05) is 19.8 Å². The van der Waals surface area contributed by atoms with Gasteiger partial charge < -0.3 is 65.1 Å². The molecule has 14 nitrogen and oxygen atoms in total. The fourth-order valence-corrected chi connectivity index (χ4v) is 7.11. The maximum Gasteiger partial charge on any atom is 0.220 e. The summed E-state index contributed by atoms with van der Waals surface area (Å²) in [5, 5.41) is 86.1. The molecule has 55 heavy (non-hydrogen) atoms. The summed E-state index contributed by atoms with van der Waals surface area (Å²) in [6.07, 6.45) is 9.94. The minimum absolute atomic E-state index is 0.247. The summed E-state index contributed by atoms with van der Waals surface area (Å²) in [5.74, 6) is -0.247. The lowest BCUT2D eigenvalue weighted by Crippen LogP contribution is -2.65. The number of carbonyl (C=O) groups is 1. The van der Waals surface area contributed by atoms with Gasteiger partial charge in [0.1, 0.15) is 48.8 Å². The van der Waals surface area contributed by atoms with Crippen molar-refractivity contribution in [2.45, 2.75) is 222 Å². The molecule has 0 saturated carbocycles. The van der Waals surface area contributed by atoms with Gasteiger partial charge in [-0.3, -0.25) is 4.79 Å². The van der Waals surface area contributed by atoms with E-state index in [0.717, 1.165) is 38.5 Å². The smallest absolute Gasteiger partial charge is 0.220 e. The van der Waals surface area contributed by atoms with E-state index in [4.69, 9.17) is 18.9 Å². The van der Waals surface area contributed by atoms with Gasteiger partial charge >= 0.3 is 0 Å². The van der Waals surface area contributed by atoms with E-state index in [2.05, 4.69) is 19.2 Å². The fourth-order valence-electron chi connectivity index (χ4n) is 7.11. The Morgan fingerprint density at radius 3 is 1.67 bits per heavy atom. The second-order valence-electron chi connectivity index (χ2n) is 15.5. The molecule has 0 bridgehead atoms. The molecule has 2 heterocycles. The van der Waals surface area contributed by atoms with Crippen LogP contribution in [0.15, 0.2) is 12.2 Å². The Morgan fingerprint density at radius 2 is 1.13 bits per heavy atom. The molecule has 2 saturated heterocycles. The minimum Gasteiger partial charge on any atom is -0.394 e. The number of rotatable bonds is 31. The monoisotopic (exact) mass is 792 g/mol. The molecule has 0 aromatic heterocycles. The van der Waals surface area contributed by atoms with Crippen molar-refractivity contribution in [1.82, 2.24) is 5.32 Å². The highest BCUT2D eigenvalue weighted by Crippen LogP contribution is 2.30. The Kier molecular flexibility index (Phi) is 27.1. The van der Waals surface area contributed by atoms with Gasteiger partial charge in [0.25, 0.3) is 0 Å². The standard InChI is InChI=1S/C41H77NO13/c1-3-5-7-9-11-13-14-15-16-17-18-20-22-24-30(45)29(42-33(46)25-23-21-19-12-10-8-6-4-2)28-52-40-38(51)36(49)39(32(27-44)54-40)55-41-37(50)35(48)34(47)31(26-43)53-41/h22,24,29-32,34-41,43-45,47-51H,3-21,23,25-28H2,1-2H3,(H,42,46)/b24-22+. The molecule has 0 spiro atoms. The highest BCUT2D eigenvalue weighted by Gasteiger charge is 2.50. The van der Waals surface area contributed by atoms with E-state index in [1.165, 1.54) is 83.5 Å². The number of allylic oxidation sites excluding steroid dienone is 1. The zero-order valence-corrected chi connectivity index (χ0v) is 33.7. The number of hydrogen-bond acceptors (Lipinski definition) is 13. The van der Waals surface area contributed by atoms with E-state index in [1.54, 1.807) is 6.08 Å². The van der Waals surface area contributed by atoms with Crippen molar-refractivity contribution in [1.29, 1.82) is 0 Å². The van der Waals surface area contributed by atoms with E-state index < -0.39 is 86.8 Å². The maximum absolute atomic E-state index is 13.0. The molecule has 324 valence electrons. The van der Waals surface area contributed by atoms with Crippen LogP contribution in [0.1, 0.15) is 149 Å². The number of aliphatic hydroxyl groups excluding tert-OH is 8. The van der Waals surface area contributed by atoms with Gasteiger partial charge in [0, 0.05) is 6.42 Å². The van der Waals surface area contributed by atoms with Crippen molar-refractivity contribution in [3.63, 3.8) is 0 Å². The van der Waals surface area contributed by atoms with E-state index >= 15 is 0 Å². The second-order valence-corrected chi connectivity index (χ2v) is 15.5. The summed E-state index contributed by atoms with van der Waals surface area (Å²) < 4.78 is 22.5. The molecule has 12 atom stereocenters. The van der Waals surface area contributed by atoms with Gasteiger partial charge in [-0.05, 0) is 19.3 Å². The van der Waals surface area contributed by atoms with Crippen LogP contribution in [-0.4, -0.2) is 140 Å². The van der Waals surface area contributed by atoms with E-state index in [0.29, 0.717) is 6.42 Å². The molecule has 1 amide bonds. The molecule has 12 unspecified atom stereocenters. The summed E-state index contributed by atoms with van der Waals surface area (Å²) in [5.41, 5.74) is 0. The number of hydrogen-bond donors (Lipinski definition) is 9. The lowest BCUT2D eigenvalue weighted by molar-refractivity contribution is -0.359. The molecule has 0 aromatic rings. The minimum atomic E-state index is -1.78. The predicted molar refractivity (Wildman–Crippen MR) is 208 cm³/mol. The Bertz CT molecular complexity index is 988. The highest BCUT2D eigenvalue weighted by atomic mass is 16.7. The molecule has 0 aromatic carbocycles. The molecule has 0 radical (unpaired) electrons. The molecule has 14 heteroatoms. The zero-order valence-electron chi connectivity index (χ0n) is 33.7. The molecular formula is C41H77NO13. The van der Waals surface area contributed by atoms with Crippen LogP contribution in [0, 0.1) is 0 Å². The molecule has 2 aliphatic rings. The Balaban J connectivity index is 1.93. The van der Waals surface area contributed by atoms with Crippen LogP contribution in [0.2, 0.25) is 0 Å². The lowest BCUT2D eigenvalue weighted by Gasteiger charge is -2.46. The third-order valence-corrected chi connectivity index (χ3v) is 10.7. The Morgan fingerprint density at radius 1 is 0.636 bits per heavy atom. The van der Waals surface area contributed by atoms with E-state index in [9.17, 15) is 45.6 Å². The maximum atomic E-state index is 13.0. The van der Waals surface area contributed by atoms with Gasteiger partial charge in [-0.25, -0.2) is 0 Å². The number of unbranched alkanes of at least 4 members (excludes halogenated alkanes) is 18. The first kappa shape index (κ1) is 49.9. The average molecular weight is 792 g/mol. The van der Waals surface area contributed by atoms with Crippen LogP contribution < -0.4 is 5.32 Å². The van der Waals surface area contributed by atoms with Crippen molar-refractivity contribution < 1.29 is 64.6 Å². The van der Waals surface area contributed by atoms with Gasteiger partial charge in [-0.1, -0.05) is 135 Å². The summed E-state index contributed by atoms with van der Waals surface area (Å²) in [4.78, 5) is 13.0. The third-order valence-electron chi connectivity index (χ3n) is 10.7. The SMILES string of the molecule is CCCCCCCCCCCCC/C=C/C(O)C(COC1OC(CO)C(OC2OC(CO)C(O)C(O)C2O)C(O)C1O)NC(=O)CCCCCCCCCC. The summed E-state index contributed by atoms with van der Waals surface area (Å²) in [6.45, 7) is 2.71. The number of aliphatic hydroxyl groups is 8. The molecule has 0 aliphatic carbocycles. The molecular weight excluding hydrogens is 714 g/mol. The van der Waals surface area contributed by atoms with Gasteiger partial charge in [0.2, 0.25) is 5.91 Å². The van der Waals surface area contributed by atoms with Crippen molar-refractivity contribution >= 4 is 5.91 Å². The van der Waals surface area contributed by atoms with Crippen LogP contribution >= 0.6 is 0 Å². The molecule has 9 N–H and O–H groups in total. The average Bonchev–Trinajstić information content (AvgIpc) is 3.18. The fraction of sp³-hybridized carbons (Fsp3) is 0.927. The van der Waals surface area contributed by atoms with Gasteiger partial charge in [0.05, 0.1) is 32.0 Å².